The zero-order valence-electron chi connectivity index (χ0n) is 17.1. The van der Waals surface area contributed by atoms with Gasteiger partial charge in [-0.3, -0.25) is 14.7 Å². The minimum Gasteiger partial charge on any atom is -0.492 e. The zero-order valence-corrected chi connectivity index (χ0v) is 17.8. The predicted octanol–water partition coefficient (Wildman–Crippen LogP) is 3.10. The average Bonchev–Trinajstić information content (AvgIpc) is 2.95. The number of benzene rings is 2. The second kappa shape index (κ2) is 9.92. The van der Waals surface area contributed by atoms with Crippen molar-refractivity contribution in [2.75, 3.05) is 51.3 Å². The van der Waals surface area contributed by atoms with E-state index in [2.05, 4.69) is 21.3 Å². The fourth-order valence-corrected chi connectivity index (χ4v) is 3.92. The molecule has 0 aromatic heterocycles. The van der Waals surface area contributed by atoms with Gasteiger partial charge >= 0.3 is 0 Å². The molecule has 0 atom stereocenters. The summed E-state index contributed by atoms with van der Waals surface area (Å²) in [6.07, 6.45) is 0.834. The van der Waals surface area contributed by atoms with Crippen LogP contribution in [0.1, 0.15) is 23.1 Å². The number of nitriles is 1. The predicted molar refractivity (Wildman–Crippen MR) is 119 cm³/mol. The van der Waals surface area contributed by atoms with Crippen molar-refractivity contribution in [2.45, 2.75) is 6.42 Å². The number of aliphatic imine (C=N–C) groups is 1. The molecule has 1 saturated heterocycles. The van der Waals surface area contributed by atoms with E-state index in [0.717, 1.165) is 39.3 Å². The lowest BCUT2D eigenvalue weighted by molar-refractivity contribution is -0.114. The number of hydrogen-bond acceptors (Lipinski definition) is 6. The summed E-state index contributed by atoms with van der Waals surface area (Å²) in [7, 11) is 0. The molecule has 7 nitrogen and oxygen atoms in total. The maximum Gasteiger partial charge on any atom is 0.246 e. The van der Waals surface area contributed by atoms with Gasteiger partial charge < -0.3 is 14.8 Å². The third-order valence-electron chi connectivity index (χ3n) is 5.26. The maximum absolute atomic E-state index is 12.2. The molecule has 31 heavy (non-hydrogen) atoms. The maximum atomic E-state index is 12.2. The third kappa shape index (κ3) is 5.05. The summed E-state index contributed by atoms with van der Waals surface area (Å²) in [6.45, 7) is 4.75. The van der Waals surface area contributed by atoms with Crippen molar-refractivity contribution in [3.8, 4) is 11.8 Å². The fourth-order valence-electron chi connectivity index (χ4n) is 3.69. The number of anilines is 1. The van der Waals surface area contributed by atoms with E-state index in [4.69, 9.17) is 21.1 Å². The lowest BCUT2D eigenvalue weighted by Crippen LogP contribution is -2.37. The Hall–Kier alpha value is -2.92. The summed E-state index contributed by atoms with van der Waals surface area (Å²) in [6, 6.07) is 12.9. The highest BCUT2D eigenvalue weighted by molar-refractivity contribution is 6.36. The molecule has 0 saturated carbocycles. The number of amides is 1. The van der Waals surface area contributed by atoms with E-state index in [1.54, 1.807) is 18.2 Å². The molecular formula is C23H23ClN4O3. The van der Waals surface area contributed by atoms with Gasteiger partial charge in [0.15, 0.2) is 0 Å². The van der Waals surface area contributed by atoms with Crippen LogP contribution in [0, 0.1) is 11.3 Å². The van der Waals surface area contributed by atoms with Crippen LogP contribution in [0.3, 0.4) is 0 Å². The Labute approximate surface area is 186 Å². The molecule has 2 heterocycles. The first-order chi connectivity index (χ1) is 15.2. The van der Waals surface area contributed by atoms with E-state index in [9.17, 15) is 10.1 Å². The van der Waals surface area contributed by atoms with Crippen molar-refractivity contribution in [1.82, 2.24) is 4.90 Å². The Morgan fingerprint density at radius 1 is 1.23 bits per heavy atom. The molecular weight excluding hydrogens is 416 g/mol. The molecule has 8 heteroatoms. The van der Waals surface area contributed by atoms with Gasteiger partial charge in [-0.2, -0.15) is 5.26 Å². The van der Waals surface area contributed by atoms with Crippen molar-refractivity contribution in [3.63, 3.8) is 0 Å². The molecule has 0 spiro atoms. The van der Waals surface area contributed by atoms with Gasteiger partial charge in [-0.1, -0.05) is 29.8 Å². The number of nitrogens with zero attached hydrogens (tertiary/aromatic N) is 3. The summed E-state index contributed by atoms with van der Waals surface area (Å²) in [5, 5.41) is 13.1. The molecule has 2 aliphatic heterocycles. The minimum atomic E-state index is -0.230. The highest BCUT2D eigenvalue weighted by Gasteiger charge is 2.22. The van der Waals surface area contributed by atoms with Crippen LogP contribution < -0.4 is 10.1 Å². The number of morpholine rings is 1. The topological polar surface area (TPSA) is 87.0 Å². The number of carbonyl (C=O) groups excluding carboxylic acids is 1. The molecule has 1 N–H and O–H groups in total. The lowest BCUT2D eigenvalue weighted by atomic mass is 9.98. The number of ether oxygens (including phenoxy) is 2. The van der Waals surface area contributed by atoms with E-state index >= 15 is 0 Å². The monoisotopic (exact) mass is 438 g/mol. The highest BCUT2D eigenvalue weighted by atomic mass is 35.5. The molecule has 1 amide bonds. The fraction of sp³-hybridized carbons (Fsp3) is 0.348. The number of fused-ring (bicyclic) bond motifs is 1. The quantitative estimate of drug-likeness (QED) is 0.700. The Kier molecular flexibility index (Phi) is 6.82. The molecule has 0 aliphatic carbocycles. The van der Waals surface area contributed by atoms with Crippen LogP contribution in [0.4, 0.5) is 5.69 Å². The Balaban J connectivity index is 1.56. The molecule has 0 radical (unpaired) electrons. The molecule has 2 aromatic carbocycles. The van der Waals surface area contributed by atoms with Crippen molar-refractivity contribution in [3.05, 3.63) is 58.1 Å². The van der Waals surface area contributed by atoms with Crippen molar-refractivity contribution in [2.24, 2.45) is 4.99 Å². The molecule has 0 bridgehead atoms. The standard InChI is InChI=1S/C23H23ClN4O3/c24-19-5-2-1-4-17(19)23-18-12-16(14-25)21(13-20(18)27-22(29)15-26-23)31-9-3-6-28-7-10-30-11-8-28/h1-2,4-5,12-13H,3,6-11,15H2,(H,27,29). The van der Waals surface area contributed by atoms with Crippen molar-refractivity contribution < 1.29 is 14.3 Å². The van der Waals surface area contributed by atoms with Crippen molar-refractivity contribution >= 4 is 28.9 Å². The van der Waals surface area contributed by atoms with Gasteiger partial charge in [-0.25, -0.2) is 0 Å². The Bertz CT molecular complexity index is 1040. The van der Waals surface area contributed by atoms with Gasteiger partial charge in [0, 0.05) is 41.9 Å². The third-order valence-corrected chi connectivity index (χ3v) is 5.59. The van der Waals surface area contributed by atoms with Crippen LogP contribution in [0.5, 0.6) is 5.75 Å². The SMILES string of the molecule is N#Cc1cc2c(cc1OCCCN1CCOCC1)NC(=O)CN=C2c1ccccc1Cl. The van der Waals surface area contributed by atoms with Crippen LogP contribution in [0.25, 0.3) is 0 Å². The number of rotatable bonds is 6. The summed E-state index contributed by atoms with van der Waals surface area (Å²) < 4.78 is 11.3. The smallest absolute Gasteiger partial charge is 0.246 e. The molecule has 2 aliphatic rings. The van der Waals surface area contributed by atoms with Gasteiger partial charge in [-0.05, 0) is 18.6 Å². The van der Waals surface area contributed by atoms with E-state index < -0.39 is 0 Å². The van der Waals surface area contributed by atoms with E-state index in [1.807, 2.05) is 18.2 Å². The number of carbonyl (C=O) groups is 1. The van der Waals surface area contributed by atoms with E-state index in [-0.39, 0.29) is 12.5 Å². The number of benzodiazepines with no additional fused rings is 1. The largest absolute Gasteiger partial charge is 0.492 e. The van der Waals surface area contributed by atoms with E-state index in [1.165, 1.54) is 0 Å². The second-order valence-corrected chi connectivity index (χ2v) is 7.76. The number of hydrogen-bond donors (Lipinski definition) is 1. The van der Waals surface area contributed by atoms with Crippen LogP contribution in [0.15, 0.2) is 41.4 Å². The Morgan fingerprint density at radius 3 is 2.81 bits per heavy atom. The van der Waals surface area contributed by atoms with Gasteiger partial charge in [0.2, 0.25) is 5.91 Å². The van der Waals surface area contributed by atoms with Crippen LogP contribution >= 0.6 is 11.6 Å². The molecule has 1 fully saturated rings. The van der Waals surface area contributed by atoms with Gasteiger partial charge in [0.1, 0.15) is 18.4 Å². The van der Waals surface area contributed by atoms with Gasteiger partial charge in [-0.15, -0.1) is 0 Å². The van der Waals surface area contributed by atoms with Crippen molar-refractivity contribution in [1.29, 1.82) is 5.26 Å². The summed E-state index contributed by atoms with van der Waals surface area (Å²) >= 11 is 6.38. The van der Waals surface area contributed by atoms with E-state index in [0.29, 0.717) is 45.5 Å². The molecule has 2 aromatic rings. The Morgan fingerprint density at radius 2 is 2.03 bits per heavy atom. The van der Waals surface area contributed by atoms with Crippen LogP contribution in [-0.2, 0) is 9.53 Å². The van der Waals surface area contributed by atoms with Gasteiger partial charge in [0.25, 0.3) is 0 Å². The van der Waals surface area contributed by atoms with Gasteiger partial charge in [0.05, 0.1) is 36.8 Å². The molecule has 0 unspecified atom stereocenters. The second-order valence-electron chi connectivity index (χ2n) is 7.35. The zero-order chi connectivity index (χ0) is 21.6. The summed E-state index contributed by atoms with van der Waals surface area (Å²) in [5.41, 5.74) is 2.89. The lowest BCUT2D eigenvalue weighted by Gasteiger charge is -2.26. The normalized spacial score (nSPS) is 16.5. The first-order valence-electron chi connectivity index (χ1n) is 10.3. The molecule has 160 valence electrons. The first-order valence-corrected chi connectivity index (χ1v) is 10.6. The highest BCUT2D eigenvalue weighted by Crippen LogP contribution is 2.32. The number of halogens is 1. The summed E-state index contributed by atoms with van der Waals surface area (Å²) in [4.78, 5) is 19.0. The first kappa shape index (κ1) is 21.3. The molecule has 4 rings (SSSR count). The average molecular weight is 439 g/mol. The van der Waals surface area contributed by atoms with Crippen LogP contribution in [-0.4, -0.2) is 62.5 Å². The number of nitrogens with one attached hydrogen (secondary N) is 1. The minimum absolute atomic E-state index is 0.0210. The summed E-state index contributed by atoms with van der Waals surface area (Å²) in [5.74, 6) is 0.218. The van der Waals surface area contributed by atoms with Crippen LogP contribution in [0.2, 0.25) is 5.02 Å².